The van der Waals surface area contributed by atoms with Crippen molar-refractivity contribution in [2.24, 2.45) is 0 Å². The molecule has 0 unspecified atom stereocenters. The molecule has 0 radical (unpaired) electrons. The summed E-state index contributed by atoms with van der Waals surface area (Å²) in [5.74, 6) is -0.442. The maximum absolute atomic E-state index is 11.8. The predicted octanol–water partition coefficient (Wildman–Crippen LogP) is 5.44. The first-order valence-electron chi connectivity index (χ1n) is 10.3. The molecule has 0 aliphatic rings. The summed E-state index contributed by atoms with van der Waals surface area (Å²) in [4.78, 5) is 23.5. The second-order valence-corrected chi connectivity index (χ2v) is 6.98. The van der Waals surface area contributed by atoms with Gasteiger partial charge in [0.25, 0.3) is 0 Å². The molecule has 2 N–H and O–H groups in total. The van der Waals surface area contributed by atoms with Gasteiger partial charge in [-0.05, 0) is 18.6 Å². The van der Waals surface area contributed by atoms with E-state index in [-0.39, 0.29) is 18.4 Å². The highest BCUT2D eigenvalue weighted by Gasteiger charge is 2.07. The highest BCUT2D eigenvalue weighted by Crippen LogP contribution is 2.11. The molecule has 4 nitrogen and oxygen atoms in total. The summed E-state index contributed by atoms with van der Waals surface area (Å²) >= 11 is 0. The molecular weight excluding hydrogens is 324 g/mol. The lowest BCUT2D eigenvalue weighted by atomic mass is 10.1. The van der Waals surface area contributed by atoms with E-state index in [9.17, 15) is 9.59 Å². The molecule has 0 aliphatic heterocycles. The van der Waals surface area contributed by atoms with Gasteiger partial charge in [-0.25, -0.2) is 0 Å². The van der Waals surface area contributed by atoms with Crippen LogP contribution in [0.25, 0.3) is 0 Å². The Kier molecular flexibility index (Phi) is 13.2. The average Bonchev–Trinajstić information content (AvgIpc) is 2.65. The lowest BCUT2D eigenvalue weighted by molar-refractivity contribution is -0.129. The Labute approximate surface area is 159 Å². The van der Waals surface area contributed by atoms with Crippen molar-refractivity contribution in [3.05, 3.63) is 30.3 Å². The highest BCUT2D eigenvalue weighted by molar-refractivity contribution is 5.96. The summed E-state index contributed by atoms with van der Waals surface area (Å²) in [6.07, 6.45) is 14.3. The van der Waals surface area contributed by atoms with Crippen molar-refractivity contribution in [2.75, 3.05) is 11.9 Å². The first-order valence-corrected chi connectivity index (χ1v) is 10.3. The van der Waals surface area contributed by atoms with E-state index in [1.807, 2.05) is 30.3 Å². The van der Waals surface area contributed by atoms with Crippen LogP contribution in [0, 0.1) is 0 Å². The Morgan fingerprint density at radius 1 is 0.731 bits per heavy atom. The number of rotatable bonds is 15. The number of amides is 2. The molecule has 0 atom stereocenters. The number of para-hydroxylation sites is 1. The fourth-order valence-electron chi connectivity index (χ4n) is 2.95. The minimum absolute atomic E-state index is 0.119. The molecule has 1 rings (SSSR count). The van der Waals surface area contributed by atoms with Crippen LogP contribution < -0.4 is 10.6 Å². The van der Waals surface area contributed by atoms with Crippen LogP contribution in [-0.2, 0) is 9.59 Å². The number of anilines is 1. The predicted molar refractivity (Wildman–Crippen MR) is 109 cm³/mol. The van der Waals surface area contributed by atoms with Crippen molar-refractivity contribution in [3.8, 4) is 0 Å². The second kappa shape index (κ2) is 15.4. The zero-order valence-corrected chi connectivity index (χ0v) is 16.4. The van der Waals surface area contributed by atoms with Gasteiger partial charge in [-0.15, -0.1) is 0 Å². The van der Waals surface area contributed by atoms with Gasteiger partial charge in [0.15, 0.2) is 0 Å². The number of nitrogens with one attached hydrogen (secondary N) is 2. The summed E-state index contributed by atoms with van der Waals surface area (Å²) in [6, 6.07) is 9.50. The monoisotopic (exact) mass is 360 g/mol. The minimum Gasteiger partial charge on any atom is -0.376 e. The average molecular weight is 361 g/mol. The molecule has 0 saturated heterocycles. The second-order valence-electron chi connectivity index (χ2n) is 6.98. The van der Waals surface area contributed by atoms with Crippen molar-refractivity contribution >= 4 is 17.5 Å². The molecule has 26 heavy (non-hydrogen) atoms. The topological polar surface area (TPSA) is 58.2 Å². The standard InChI is InChI=1S/C22H36N2O2/c1-2-3-4-5-6-7-8-9-10-11-15-18-21(25)24-22(26)19-23-20-16-13-12-14-17-20/h12-14,16-17,23H,2-11,15,18-19H2,1H3,(H,24,25,26). The van der Waals surface area contributed by atoms with Crippen LogP contribution in [-0.4, -0.2) is 18.4 Å². The number of carbonyl (C=O) groups excluding carboxylic acids is 2. The molecule has 0 fully saturated rings. The van der Waals surface area contributed by atoms with Crippen LogP contribution >= 0.6 is 0 Å². The van der Waals surface area contributed by atoms with Gasteiger partial charge in [-0.1, -0.05) is 89.3 Å². The molecule has 0 aromatic heterocycles. The van der Waals surface area contributed by atoms with Crippen molar-refractivity contribution in [1.82, 2.24) is 5.32 Å². The zero-order chi connectivity index (χ0) is 18.9. The van der Waals surface area contributed by atoms with E-state index in [0.717, 1.165) is 18.5 Å². The van der Waals surface area contributed by atoms with Crippen LogP contribution in [0.5, 0.6) is 0 Å². The molecule has 2 amide bonds. The maximum atomic E-state index is 11.8. The molecule has 146 valence electrons. The van der Waals surface area contributed by atoms with Crippen LogP contribution in [0.15, 0.2) is 30.3 Å². The Hall–Kier alpha value is -1.84. The molecule has 0 heterocycles. The first-order chi connectivity index (χ1) is 12.7. The number of hydrogen-bond acceptors (Lipinski definition) is 3. The summed E-state index contributed by atoms with van der Waals surface area (Å²) in [7, 11) is 0. The molecule has 4 heteroatoms. The third-order valence-corrected chi connectivity index (χ3v) is 4.51. The largest absolute Gasteiger partial charge is 0.376 e. The van der Waals surface area contributed by atoms with Gasteiger partial charge in [0.1, 0.15) is 0 Å². The van der Waals surface area contributed by atoms with Gasteiger partial charge in [-0.2, -0.15) is 0 Å². The van der Waals surface area contributed by atoms with E-state index in [1.165, 1.54) is 57.8 Å². The van der Waals surface area contributed by atoms with Crippen molar-refractivity contribution in [2.45, 2.75) is 84.0 Å². The van der Waals surface area contributed by atoms with Gasteiger partial charge in [0, 0.05) is 12.1 Å². The summed E-state index contributed by atoms with van der Waals surface area (Å²) < 4.78 is 0. The quantitative estimate of drug-likeness (QED) is 0.409. The van der Waals surface area contributed by atoms with Crippen LogP contribution in [0.1, 0.15) is 84.0 Å². The lowest BCUT2D eigenvalue weighted by Crippen LogP contribution is -2.34. The Balaban J connectivity index is 1.91. The summed E-state index contributed by atoms with van der Waals surface area (Å²) in [5.41, 5.74) is 0.875. The molecule has 1 aromatic rings. The third-order valence-electron chi connectivity index (χ3n) is 4.51. The molecule has 0 spiro atoms. The first kappa shape index (κ1) is 22.2. The number of carbonyl (C=O) groups is 2. The van der Waals surface area contributed by atoms with Gasteiger partial charge in [0.05, 0.1) is 6.54 Å². The Morgan fingerprint density at radius 3 is 1.85 bits per heavy atom. The number of benzene rings is 1. The summed E-state index contributed by atoms with van der Waals surface area (Å²) in [6.45, 7) is 2.37. The van der Waals surface area contributed by atoms with Gasteiger partial charge >= 0.3 is 0 Å². The van der Waals surface area contributed by atoms with E-state index in [0.29, 0.717) is 6.42 Å². The van der Waals surface area contributed by atoms with Gasteiger partial charge < -0.3 is 5.32 Å². The van der Waals surface area contributed by atoms with Crippen LogP contribution in [0.4, 0.5) is 5.69 Å². The van der Waals surface area contributed by atoms with Crippen molar-refractivity contribution in [1.29, 1.82) is 0 Å². The van der Waals surface area contributed by atoms with E-state index >= 15 is 0 Å². The SMILES string of the molecule is CCCCCCCCCCCCCC(=O)NC(=O)CNc1ccccc1. The number of unbranched alkanes of at least 4 members (excludes halogenated alkanes) is 10. The fraction of sp³-hybridized carbons (Fsp3) is 0.636. The summed E-state index contributed by atoms with van der Waals surface area (Å²) in [5, 5.41) is 5.44. The number of hydrogen-bond donors (Lipinski definition) is 2. The normalized spacial score (nSPS) is 10.5. The van der Waals surface area contributed by atoms with Crippen molar-refractivity contribution < 1.29 is 9.59 Å². The van der Waals surface area contributed by atoms with E-state index in [2.05, 4.69) is 17.6 Å². The highest BCUT2D eigenvalue weighted by atomic mass is 16.2. The van der Waals surface area contributed by atoms with Crippen LogP contribution in [0.3, 0.4) is 0 Å². The van der Waals surface area contributed by atoms with Gasteiger partial charge in [-0.3, -0.25) is 14.9 Å². The third kappa shape index (κ3) is 12.5. The molecule has 0 bridgehead atoms. The van der Waals surface area contributed by atoms with E-state index in [4.69, 9.17) is 0 Å². The smallest absolute Gasteiger partial charge is 0.245 e. The molecule has 0 aliphatic carbocycles. The molecule has 0 saturated carbocycles. The van der Waals surface area contributed by atoms with E-state index < -0.39 is 0 Å². The van der Waals surface area contributed by atoms with Gasteiger partial charge in [0.2, 0.25) is 11.8 Å². The van der Waals surface area contributed by atoms with Crippen LogP contribution in [0.2, 0.25) is 0 Å². The maximum Gasteiger partial charge on any atom is 0.245 e. The minimum atomic E-state index is -0.276. The Morgan fingerprint density at radius 2 is 1.27 bits per heavy atom. The fourth-order valence-corrected chi connectivity index (χ4v) is 2.95. The number of imide groups is 1. The Bertz CT molecular complexity index is 488. The molecular formula is C22H36N2O2. The van der Waals surface area contributed by atoms with Crippen molar-refractivity contribution in [3.63, 3.8) is 0 Å². The molecule has 1 aromatic carbocycles. The lowest BCUT2D eigenvalue weighted by Gasteiger charge is -2.07. The zero-order valence-electron chi connectivity index (χ0n) is 16.4. The van der Waals surface area contributed by atoms with E-state index in [1.54, 1.807) is 0 Å².